The Morgan fingerprint density at radius 1 is 1.29 bits per heavy atom. The Bertz CT molecular complexity index is 960. The van der Waals surface area contributed by atoms with Crippen LogP contribution in [-0.2, 0) is 0 Å². The second-order valence-electron chi connectivity index (χ2n) is 4.86. The first kappa shape index (κ1) is 16.3. The Labute approximate surface area is 147 Å². The van der Waals surface area contributed by atoms with Crippen LogP contribution in [0, 0.1) is 17.0 Å². The van der Waals surface area contributed by atoms with Gasteiger partial charge in [0, 0.05) is 22.9 Å². The zero-order chi connectivity index (χ0) is 17.4. The molecule has 0 aliphatic rings. The number of phenols is 2. The van der Waals surface area contributed by atoms with Gasteiger partial charge in [-0.05, 0) is 52.6 Å². The number of aromatic nitrogens is 3. The summed E-state index contributed by atoms with van der Waals surface area (Å²) in [5.74, 6) is -1.38. The van der Waals surface area contributed by atoms with Crippen LogP contribution < -0.4 is 0 Å². The molecular weight excluding hydrogens is 400 g/mol. The van der Waals surface area contributed by atoms with E-state index in [9.17, 15) is 20.3 Å². The van der Waals surface area contributed by atoms with E-state index in [-0.39, 0.29) is 5.56 Å². The van der Waals surface area contributed by atoms with E-state index in [1.54, 1.807) is 0 Å². The van der Waals surface area contributed by atoms with E-state index in [0.717, 1.165) is 28.9 Å². The number of nitro benzene ring substituents is 1. The quantitative estimate of drug-likeness (QED) is 0.293. The SMILES string of the molecule is Cc1ccc(-c2snnc2-c2cc(O)c(O)c([N+](=O)[O-])c2)c(Br)n1. The lowest BCUT2D eigenvalue weighted by Gasteiger charge is -2.06. The van der Waals surface area contributed by atoms with E-state index in [2.05, 4.69) is 30.5 Å². The van der Waals surface area contributed by atoms with Crippen molar-refractivity contribution < 1.29 is 15.1 Å². The van der Waals surface area contributed by atoms with Crippen molar-refractivity contribution in [3.63, 3.8) is 0 Å². The normalized spacial score (nSPS) is 10.8. The lowest BCUT2D eigenvalue weighted by Crippen LogP contribution is -1.92. The molecule has 0 radical (unpaired) electrons. The number of rotatable bonds is 3. The molecule has 122 valence electrons. The lowest BCUT2D eigenvalue weighted by atomic mass is 10.1. The second-order valence-corrected chi connectivity index (χ2v) is 6.37. The molecule has 3 aromatic rings. The molecule has 0 unspecified atom stereocenters. The van der Waals surface area contributed by atoms with Crippen LogP contribution >= 0.6 is 27.5 Å². The highest BCUT2D eigenvalue weighted by atomic mass is 79.9. The average molecular weight is 409 g/mol. The van der Waals surface area contributed by atoms with Crippen molar-refractivity contribution in [3.05, 3.63) is 44.7 Å². The molecule has 2 N–H and O–H groups in total. The fourth-order valence-electron chi connectivity index (χ4n) is 2.13. The van der Waals surface area contributed by atoms with Gasteiger partial charge in [0.1, 0.15) is 10.3 Å². The Morgan fingerprint density at radius 2 is 2.04 bits per heavy atom. The number of aromatic hydroxyl groups is 2. The van der Waals surface area contributed by atoms with Gasteiger partial charge >= 0.3 is 5.69 Å². The van der Waals surface area contributed by atoms with Gasteiger partial charge in [0.25, 0.3) is 0 Å². The van der Waals surface area contributed by atoms with Crippen molar-refractivity contribution in [2.24, 2.45) is 0 Å². The van der Waals surface area contributed by atoms with Crippen molar-refractivity contribution in [1.29, 1.82) is 0 Å². The van der Waals surface area contributed by atoms with E-state index in [4.69, 9.17) is 0 Å². The van der Waals surface area contributed by atoms with E-state index >= 15 is 0 Å². The fourth-order valence-corrected chi connectivity index (χ4v) is 3.58. The smallest absolute Gasteiger partial charge is 0.315 e. The maximum absolute atomic E-state index is 11.0. The topological polar surface area (TPSA) is 122 Å². The molecule has 0 saturated heterocycles. The van der Waals surface area contributed by atoms with Gasteiger partial charge in [-0.25, -0.2) is 4.98 Å². The third-order valence-corrected chi connectivity index (χ3v) is 4.62. The minimum atomic E-state index is -0.785. The highest BCUT2D eigenvalue weighted by molar-refractivity contribution is 9.10. The number of halogens is 1. The Hall–Kier alpha value is -2.59. The predicted molar refractivity (Wildman–Crippen MR) is 91.0 cm³/mol. The van der Waals surface area contributed by atoms with Gasteiger partial charge in [-0.1, -0.05) is 4.49 Å². The van der Waals surface area contributed by atoms with E-state index in [1.807, 2.05) is 19.1 Å². The maximum atomic E-state index is 11.0. The second kappa shape index (κ2) is 6.13. The van der Waals surface area contributed by atoms with Gasteiger partial charge in [-0.15, -0.1) is 5.10 Å². The molecule has 8 nitrogen and oxygen atoms in total. The number of benzene rings is 1. The molecule has 2 aromatic heterocycles. The van der Waals surface area contributed by atoms with E-state index < -0.39 is 22.1 Å². The molecule has 0 aliphatic heterocycles. The number of nitro groups is 1. The number of nitrogens with zero attached hydrogens (tertiary/aromatic N) is 4. The average Bonchev–Trinajstić information content (AvgIpc) is 2.98. The number of hydrogen-bond donors (Lipinski definition) is 2. The van der Waals surface area contributed by atoms with Crippen molar-refractivity contribution >= 4 is 33.1 Å². The number of phenolic OH excluding ortho intramolecular Hbond substituents is 2. The Balaban J connectivity index is 2.20. The minimum absolute atomic E-state index is 0.272. The summed E-state index contributed by atoms with van der Waals surface area (Å²) in [5, 5.41) is 34.4. The standard InChI is InChI=1S/C14H9BrN4O4S/c1-6-2-3-8(14(15)16-6)13-11(17-18-24-13)7-4-9(19(22)23)12(21)10(20)5-7/h2-5,20-21H,1H3. The van der Waals surface area contributed by atoms with E-state index in [1.165, 1.54) is 6.07 Å². The summed E-state index contributed by atoms with van der Waals surface area (Å²) in [6, 6.07) is 6.00. The van der Waals surface area contributed by atoms with Crippen molar-refractivity contribution in [2.75, 3.05) is 0 Å². The highest BCUT2D eigenvalue weighted by Gasteiger charge is 2.23. The summed E-state index contributed by atoms with van der Waals surface area (Å²) < 4.78 is 4.48. The molecule has 0 atom stereocenters. The van der Waals surface area contributed by atoms with Gasteiger partial charge < -0.3 is 10.2 Å². The molecule has 0 bridgehead atoms. The third-order valence-electron chi connectivity index (χ3n) is 3.26. The van der Waals surface area contributed by atoms with Gasteiger partial charge in [-0.3, -0.25) is 10.1 Å². The summed E-state index contributed by atoms with van der Waals surface area (Å²) in [5.41, 5.74) is 1.56. The molecule has 2 heterocycles. The molecule has 1 aromatic carbocycles. The predicted octanol–water partition coefficient (Wildman–Crippen LogP) is 3.66. The number of pyridine rings is 1. The number of hydrogen-bond acceptors (Lipinski definition) is 8. The van der Waals surface area contributed by atoms with Gasteiger partial charge in [0.05, 0.1) is 9.80 Å². The summed E-state index contributed by atoms with van der Waals surface area (Å²) in [7, 11) is 0. The van der Waals surface area contributed by atoms with Gasteiger partial charge in [-0.2, -0.15) is 0 Å². The molecule has 24 heavy (non-hydrogen) atoms. The summed E-state index contributed by atoms with van der Waals surface area (Å²) in [6.07, 6.45) is 0. The van der Waals surface area contributed by atoms with Crippen molar-refractivity contribution in [1.82, 2.24) is 14.6 Å². The molecule has 3 rings (SSSR count). The Morgan fingerprint density at radius 3 is 2.71 bits per heavy atom. The van der Waals surface area contributed by atoms with Crippen LogP contribution in [0.3, 0.4) is 0 Å². The first-order valence-corrected chi connectivity index (χ1v) is 8.11. The molecule has 0 aliphatic carbocycles. The van der Waals surface area contributed by atoms with Crippen LogP contribution in [0.2, 0.25) is 0 Å². The van der Waals surface area contributed by atoms with Crippen LogP contribution in [0.1, 0.15) is 5.69 Å². The van der Waals surface area contributed by atoms with Crippen LogP contribution in [-0.4, -0.2) is 29.7 Å². The zero-order valence-corrected chi connectivity index (χ0v) is 14.5. The molecular formula is C14H9BrN4O4S. The highest BCUT2D eigenvalue weighted by Crippen LogP contribution is 2.42. The molecule has 0 spiro atoms. The van der Waals surface area contributed by atoms with E-state index in [0.29, 0.717) is 15.2 Å². The van der Waals surface area contributed by atoms with Crippen molar-refractivity contribution in [3.8, 4) is 33.2 Å². The molecule has 0 amide bonds. The first-order chi connectivity index (χ1) is 11.4. The largest absolute Gasteiger partial charge is 0.504 e. The fraction of sp³-hybridized carbons (Fsp3) is 0.0714. The molecule has 0 saturated carbocycles. The van der Waals surface area contributed by atoms with Crippen LogP contribution in [0.25, 0.3) is 21.7 Å². The van der Waals surface area contributed by atoms with Crippen LogP contribution in [0.5, 0.6) is 11.5 Å². The van der Waals surface area contributed by atoms with Crippen LogP contribution in [0.15, 0.2) is 28.9 Å². The lowest BCUT2D eigenvalue weighted by molar-refractivity contribution is -0.385. The monoisotopic (exact) mass is 408 g/mol. The molecule has 10 heteroatoms. The first-order valence-electron chi connectivity index (χ1n) is 6.55. The zero-order valence-electron chi connectivity index (χ0n) is 12.1. The van der Waals surface area contributed by atoms with Crippen molar-refractivity contribution in [2.45, 2.75) is 6.92 Å². The number of aryl methyl sites for hydroxylation is 1. The van der Waals surface area contributed by atoms with Crippen LogP contribution in [0.4, 0.5) is 5.69 Å². The summed E-state index contributed by atoms with van der Waals surface area (Å²) >= 11 is 4.48. The summed E-state index contributed by atoms with van der Waals surface area (Å²) in [6.45, 7) is 1.85. The maximum Gasteiger partial charge on any atom is 0.315 e. The van der Waals surface area contributed by atoms with Gasteiger partial charge in [0.2, 0.25) is 5.75 Å². The molecule has 0 fully saturated rings. The third kappa shape index (κ3) is 2.81. The minimum Gasteiger partial charge on any atom is -0.504 e. The summed E-state index contributed by atoms with van der Waals surface area (Å²) in [4.78, 5) is 15.2. The Kier molecular flexibility index (Phi) is 4.16. The van der Waals surface area contributed by atoms with Gasteiger partial charge in [0.15, 0.2) is 5.75 Å².